The van der Waals surface area contributed by atoms with Gasteiger partial charge in [-0.15, -0.1) is 0 Å². The number of aromatic amines is 2. The van der Waals surface area contributed by atoms with E-state index in [1.54, 1.807) is 6.92 Å². The van der Waals surface area contributed by atoms with Gasteiger partial charge in [0.2, 0.25) is 0 Å². The van der Waals surface area contributed by atoms with E-state index in [4.69, 9.17) is 14.7 Å². The van der Waals surface area contributed by atoms with Gasteiger partial charge in [-0.1, -0.05) is 53.9 Å². The van der Waals surface area contributed by atoms with Gasteiger partial charge in [0, 0.05) is 64.8 Å². The fourth-order valence-corrected chi connectivity index (χ4v) is 8.40. The average Bonchev–Trinajstić information content (AvgIpc) is 3.79. The molecule has 8 bridgehead atoms. The number of aromatic nitrogens is 4. The molecule has 0 spiro atoms. The molecular formula is C42H53N5O5. The maximum absolute atomic E-state index is 14.7. The third-order valence-corrected chi connectivity index (χ3v) is 11.5. The summed E-state index contributed by atoms with van der Waals surface area (Å²) in [5.41, 5.74) is 8.76. The zero-order valence-corrected chi connectivity index (χ0v) is 32.0. The zero-order chi connectivity index (χ0) is 37.4. The first-order valence-electron chi connectivity index (χ1n) is 19.2. The Morgan fingerprint density at radius 3 is 2.29 bits per heavy atom. The molecule has 0 aliphatic carbocycles. The highest BCUT2D eigenvalue weighted by molar-refractivity contribution is 6.27. The molecule has 2 amide bonds. The predicted octanol–water partition coefficient (Wildman–Crippen LogP) is 8.96. The van der Waals surface area contributed by atoms with Crippen LogP contribution in [-0.4, -0.2) is 61.6 Å². The molecule has 6 heterocycles. The molecule has 0 unspecified atom stereocenters. The van der Waals surface area contributed by atoms with Gasteiger partial charge in [-0.3, -0.25) is 29.1 Å². The van der Waals surface area contributed by atoms with Crippen LogP contribution in [0.4, 0.5) is 0 Å². The third-order valence-electron chi connectivity index (χ3n) is 11.5. The smallest absolute Gasteiger partial charge is 0.305 e. The molecule has 0 saturated heterocycles. The molecule has 4 atom stereocenters. The van der Waals surface area contributed by atoms with E-state index in [1.807, 2.05) is 32.9 Å². The summed E-state index contributed by atoms with van der Waals surface area (Å²) < 4.78 is 5.44. The summed E-state index contributed by atoms with van der Waals surface area (Å²) in [5, 5.41) is 0. The van der Waals surface area contributed by atoms with Crippen LogP contribution in [0.5, 0.6) is 0 Å². The Morgan fingerprint density at radius 2 is 1.60 bits per heavy atom. The minimum absolute atomic E-state index is 0.0613. The molecule has 52 heavy (non-hydrogen) atoms. The molecule has 2 aromatic heterocycles. The normalized spacial score (nSPS) is 20.4. The monoisotopic (exact) mass is 707 g/mol. The minimum atomic E-state index is -0.366. The number of nitrogens with one attached hydrogen (secondary N) is 2. The molecule has 10 heteroatoms. The predicted molar refractivity (Wildman–Crippen MR) is 203 cm³/mol. The van der Waals surface area contributed by atoms with Crippen molar-refractivity contribution in [3.63, 3.8) is 0 Å². The van der Waals surface area contributed by atoms with Crippen molar-refractivity contribution in [2.45, 2.75) is 130 Å². The van der Waals surface area contributed by atoms with Crippen LogP contribution in [0, 0.1) is 6.92 Å². The minimum Gasteiger partial charge on any atom is -0.466 e. The van der Waals surface area contributed by atoms with Crippen molar-refractivity contribution in [2.75, 3.05) is 13.2 Å². The molecule has 6 rings (SSSR count). The number of carbonyl (C=O) groups excluding carboxylic acids is 4. The van der Waals surface area contributed by atoms with Crippen molar-refractivity contribution in [1.82, 2.24) is 24.8 Å². The van der Waals surface area contributed by atoms with Crippen LogP contribution >= 0.6 is 0 Å². The Labute approximate surface area is 306 Å². The second kappa shape index (κ2) is 15.2. The first-order valence-corrected chi connectivity index (χ1v) is 19.2. The molecule has 0 aromatic carbocycles. The lowest BCUT2D eigenvalue weighted by Gasteiger charge is -2.27. The van der Waals surface area contributed by atoms with Crippen molar-refractivity contribution in [3.05, 3.63) is 69.1 Å². The van der Waals surface area contributed by atoms with Crippen LogP contribution < -0.4 is 0 Å². The van der Waals surface area contributed by atoms with Crippen molar-refractivity contribution in [2.24, 2.45) is 0 Å². The summed E-state index contributed by atoms with van der Waals surface area (Å²) in [4.78, 5) is 73.7. The van der Waals surface area contributed by atoms with Gasteiger partial charge < -0.3 is 14.7 Å². The SMILES string of the molecule is CCCCCCN1C(=O)c2c3nc(cc4nc(cc5[nH]c(cc6[nH]c2c(c6C)C1=O)[C@H](CC)[C@@H]5C)C(C(C)=O)=C4C)[C@@H](C)[C@@H]3CCC(=O)OCCC. The van der Waals surface area contributed by atoms with Gasteiger partial charge in [-0.2, -0.15) is 0 Å². The topological polar surface area (TPSA) is 138 Å². The van der Waals surface area contributed by atoms with Crippen molar-refractivity contribution in [1.29, 1.82) is 0 Å². The van der Waals surface area contributed by atoms with E-state index in [0.29, 0.717) is 71.0 Å². The van der Waals surface area contributed by atoms with Crippen LogP contribution in [0.1, 0.15) is 184 Å². The summed E-state index contributed by atoms with van der Waals surface area (Å²) in [6.07, 6.45) is 5.88. The highest BCUT2D eigenvalue weighted by Gasteiger charge is 2.41. The van der Waals surface area contributed by atoms with Gasteiger partial charge in [-0.25, -0.2) is 4.98 Å². The second-order valence-corrected chi connectivity index (χ2v) is 14.9. The lowest BCUT2D eigenvalue weighted by Crippen LogP contribution is -2.41. The maximum Gasteiger partial charge on any atom is 0.305 e. The summed E-state index contributed by atoms with van der Waals surface area (Å²) in [7, 11) is 0. The number of carbonyl (C=O) groups is 4. The fraction of sp³-hybridized carbons (Fsp3) is 0.524. The van der Waals surface area contributed by atoms with Crippen molar-refractivity contribution in [3.8, 4) is 0 Å². The number of amides is 2. The number of hydrogen-bond donors (Lipinski definition) is 2. The number of nitrogens with zero attached hydrogens (tertiary/aromatic N) is 3. The molecule has 4 aliphatic heterocycles. The van der Waals surface area contributed by atoms with Gasteiger partial charge in [0.1, 0.15) is 0 Å². The van der Waals surface area contributed by atoms with Gasteiger partial charge in [0.05, 0.1) is 40.3 Å². The molecule has 0 radical (unpaired) electrons. The van der Waals surface area contributed by atoms with Crippen molar-refractivity contribution >= 4 is 45.7 Å². The van der Waals surface area contributed by atoms with E-state index < -0.39 is 0 Å². The van der Waals surface area contributed by atoms with E-state index in [1.165, 1.54) is 4.90 Å². The average molecular weight is 708 g/mol. The Balaban J connectivity index is 1.69. The molecule has 2 N–H and O–H groups in total. The number of fused-ring (bicyclic) bond motifs is 8. The number of unbranched alkanes of at least 4 members (excludes halogenated alkanes) is 3. The first-order chi connectivity index (χ1) is 24.9. The summed E-state index contributed by atoms with van der Waals surface area (Å²) in [5.74, 6) is -1.22. The quantitative estimate of drug-likeness (QED) is 0.128. The standard InChI is InChI=1S/C42H53N5O5/c1-9-12-13-14-17-47-41(50)37-25(7)32-20-33-27(11-3)22(4)29(43-33)21-34-36(26(8)48)24(6)31(44-34)19-30-23(5)28(15-16-35(49)52-18-10-2)39(45-30)38(42(47)51)40(37)46-32/h19-23,27-28,43,46H,9-18H2,1-8H3/t22-,23-,27+,28-/m0/s1. The number of allylic oxidation sites excluding steroid dienone is 2. The number of ketones is 1. The molecular weight excluding hydrogens is 654 g/mol. The van der Waals surface area contributed by atoms with E-state index >= 15 is 0 Å². The number of H-pyrrole nitrogens is 2. The number of imide groups is 1. The number of ether oxygens (including phenoxy) is 1. The number of aryl methyl sites for hydroxylation is 1. The van der Waals surface area contributed by atoms with E-state index in [0.717, 1.165) is 60.1 Å². The number of rotatable bonds is 12. The van der Waals surface area contributed by atoms with Crippen LogP contribution in [-0.2, 0) is 14.3 Å². The molecule has 0 saturated carbocycles. The van der Waals surface area contributed by atoms with E-state index in [-0.39, 0.29) is 53.7 Å². The molecule has 2 aromatic rings. The summed E-state index contributed by atoms with van der Waals surface area (Å²) in [6.45, 7) is 16.6. The summed E-state index contributed by atoms with van der Waals surface area (Å²) >= 11 is 0. The lowest BCUT2D eigenvalue weighted by atomic mass is 9.84. The zero-order valence-electron chi connectivity index (χ0n) is 32.0. The fourth-order valence-electron chi connectivity index (χ4n) is 8.40. The molecule has 10 nitrogen and oxygen atoms in total. The van der Waals surface area contributed by atoms with Crippen LogP contribution in [0.3, 0.4) is 0 Å². The highest BCUT2D eigenvalue weighted by atomic mass is 16.5. The maximum atomic E-state index is 14.7. The largest absolute Gasteiger partial charge is 0.466 e. The lowest BCUT2D eigenvalue weighted by molar-refractivity contribution is -0.143. The molecule has 276 valence electrons. The first kappa shape index (κ1) is 37.2. The Hall–Kier alpha value is -4.60. The Kier molecular flexibility index (Phi) is 10.8. The van der Waals surface area contributed by atoms with Crippen LogP contribution in [0.2, 0.25) is 0 Å². The Morgan fingerprint density at radius 1 is 0.846 bits per heavy atom. The van der Waals surface area contributed by atoms with Crippen LogP contribution in [0.15, 0.2) is 18.2 Å². The van der Waals surface area contributed by atoms with Gasteiger partial charge >= 0.3 is 5.97 Å². The van der Waals surface area contributed by atoms with Crippen molar-refractivity contribution < 1.29 is 23.9 Å². The second-order valence-electron chi connectivity index (χ2n) is 14.9. The number of esters is 1. The van der Waals surface area contributed by atoms with Gasteiger partial charge in [0.15, 0.2) is 5.78 Å². The Bertz CT molecular complexity index is 2030. The third kappa shape index (κ3) is 6.61. The highest BCUT2D eigenvalue weighted by Crippen LogP contribution is 2.45. The van der Waals surface area contributed by atoms with Gasteiger partial charge in [0.25, 0.3) is 11.8 Å². The molecule has 4 aliphatic rings. The summed E-state index contributed by atoms with van der Waals surface area (Å²) in [6, 6.07) is 5.99. The van der Waals surface area contributed by atoms with E-state index in [9.17, 15) is 19.2 Å². The number of Topliss-reactive ketones (excluding diaryl/α,β-unsaturated/α-hetero) is 1. The van der Waals surface area contributed by atoms with E-state index in [2.05, 4.69) is 43.7 Å². The van der Waals surface area contributed by atoms with Crippen LogP contribution in [0.25, 0.3) is 22.2 Å². The number of hydrogen-bond acceptors (Lipinski definition) is 7. The van der Waals surface area contributed by atoms with Gasteiger partial charge in [-0.05, 0) is 75.8 Å². The molecule has 0 fully saturated rings.